The van der Waals surface area contributed by atoms with Gasteiger partial charge in [0.25, 0.3) is 0 Å². The first kappa shape index (κ1) is 15.4. The second-order valence-corrected chi connectivity index (χ2v) is 5.36. The fourth-order valence-electron chi connectivity index (χ4n) is 1.43. The summed E-state index contributed by atoms with van der Waals surface area (Å²) in [5.74, 6) is 0. The van der Waals surface area contributed by atoms with Crippen molar-refractivity contribution in [3.8, 4) is 0 Å². The van der Waals surface area contributed by atoms with E-state index in [9.17, 15) is 5.11 Å². The molecule has 18 heavy (non-hydrogen) atoms. The lowest BCUT2D eigenvalue weighted by molar-refractivity contribution is 0.0846. The second kappa shape index (κ2) is 7.68. The van der Waals surface area contributed by atoms with Gasteiger partial charge in [-0.25, -0.2) is 4.98 Å². The Kier molecular flexibility index (Phi) is 6.56. The molecule has 0 fully saturated rings. The molecule has 1 N–H and O–H groups in total. The number of likely N-dealkylation sites (N-methyl/N-ethyl adjacent to an activating group) is 1. The topological polar surface area (TPSA) is 54.8 Å². The molecule has 0 atom stereocenters. The maximum absolute atomic E-state index is 9.26. The quantitative estimate of drug-likeness (QED) is 0.781. The van der Waals surface area contributed by atoms with Gasteiger partial charge in [-0.3, -0.25) is 0 Å². The highest BCUT2D eigenvalue weighted by Gasteiger charge is 2.13. The van der Waals surface area contributed by atoms with Gasteiger partial charge in [-0.2, -0.15) is 0 Å². The summed E-state index contributed by atoms with van der Waals surface area (Å²) in [6.07, 6.45) is 0.242. The molecule has 1 aromatic heterocycles. The number of aliphatic hydroxyl groups excluding tert-OH is 1. The summed E-state index contributed by atoms with van der Waals surface area (Å²) >= 11 is 1.50. The lowest BCUT2D eigenvalue weighted by Crippen LogP contribution is -2.23. The second-order valence-electron chi connectivity index (χ2n) is 4.30. The highest BCUT2D eigenvalue weighted by molar-refractivity contribution is 7.15. The van der Waals surface area contributed by atoms with Crippen LogP contribution >= 0.6 is 11.3 Å². The van der Waals surface area contributed by atoms with Crippen LogP contribution in [0.1, 0.15) is 24.4 Å². The first-order valence-electron chi connectivity index (χ1n) is 5.99. The van der Waals surface area contributed by atoms with Crippen molar-refractivity contribution in [1.82, 2.24) is 4.98 Å². The Bertz CT molecular complexity index is 355. The molecule has 1 aromatic rings. The predicted molar refractivity (Wildman–Crippen MR) is 73.1 cm³/mol. The molecule has 1 heterocycles. The third kappa shape index (κ3) is 4.53. The summed E-state index contributed by atoms with van der Waals surface area (Å²) in [6.45, 7) is 5.92. The van der Waals surface area contributed by atoms with Gasteiger partial charge in [-0.1, -0.05) is 11.3 Å². The zero-order valence-corrected chi connectivity index (χ0v) is 12.3. The zero-order chi connectivity index (χ0) is 13.5. The van der Waals surface area contributed by atoms with Crippen LogP contribution in [-0.4, -0.2) is 43.5 Å². The van der Waals surface area contributed by atoms with E-state index >= 15 is 0 Å². The number of hydrogen-bond acceptors (Lipinski definition) is 6. The Morgan fingerprint density at radius 3 is 2.72 bits per heavy atom. The summed E-state index contributed by atoms with van der Waals surface area (Å²) in [7, 11) is 3.60. The molecule has 1 rings (SSSR count). The lowest BCUT2D eigenvalue weighted by atomic mass is 10.4. The van der Waals surface area contributed by atoms with Crippen LogP contribution in [0.3, 0.4) is 0 Å². The molecule has 104 valence electrons. The molecule has 0 aromatic carbocycles. The summed E-state index contributed by atoms with van der Waals surface area (Å²) in [5, 5.41) is 10.1. The number of anilines is 1. The van der Waals surface area contributed by atoms with Gasteiger partial charge >= 0.3 is 0 Å². The van der Waals surface area contributed by atoms with E-state index in [1.807, 2.05) is 25.8 Å². The van der Waals surface area contributed by atoms with Crippen LogP contribution in [0.4, 0.5) is 5.13 Å². The number of ether oxygens (including phenoxy) is 2. The number of aliphatic hydroxyl groups is 1. The number of rotatable bonds is 8. The van der Waals surface area contributed by atoms with Crippen molar-refractivity contribution < 1.29 is 14.6 Å². The Morgan fingerprint density at radius 1 is 1.44 bits per heavy atom. The van der Waals surface area contributed by atoms with Crippen LogP contribution in [-0.2, 0) is 22.7 Å². The molecule has 6 heteroatoms. The van der Waals surface area contributed by atoms with Crippen molar-refractivity contribution >= 4 is 16.5 Å². The van der Waals surface area contributed by atoms with Crippen molar-refractivity contribution in [2.24, 2.45) is 0 Å². The van der Waals surface area contributed by atoms with E-state index in [-0.39, 0.29) is 12.7 Å². The van der Waals surface area contributed by atoms with Crippen molar-refractivity contribution in [3.63, 3.8) is 0 Å². The van der Waals surface area contributed by atoms with Gasteiger partial charge in [0.15, 0.2) is 5.13 Å². The van der Waals surface area contributed by atoms with Gasteiger partial charge < -0.3 is 19.5 Å². The SMILES string of the molecule is COCc1nc(N(C)CCOC(C)C)sc1CO. The minimum atomic E-state index is 0.00664. The summed E-state index contributed by atoms with van der Waals surface area (Å²) < 4.78 is 10.6. The largest absolute Gasteiger partial charge is 0.391 e. The molecule has 0 bridgehead atoms. The third-order valence-corrected chi connectivity index (χ3v) is 3.59. The van der Waals surface area contributed by atoms with E-state index in [4.69, 9.17) is 9.47 Å². The molecular formula is C12H22N2O3S. The highest BCUT2D eigenvalue weighted by Crippen LogP contribution is 2.26. The Hall–Kier alpha value is -0.690. The number of hydrogen-bond donors (Lipinski definition) is 1. The monoisotopic (exact) mass is 274 g/mol. The van der Waals surface area contributed by atoms with E-state index in [0.717, 1.165) is 22.2 Å². The third-order valence-electron chi connectivity index (χ3n) is 2.40. The molecule has 0 amide bonds. The molecule has 0 aliphatic heterocycles. The van der Waals surface area contributed by atoms with E-state index in [1.54, 1.807) is 7.11 Å². The fraction of sp³-hybridized carbons (Fsp3) is 0.750. The maximum Gasteiger partial charge on any atom is 0.185 e. The van der Waals surface area contributed by atoms with E-state index in [2.05, 4.69) is 4.98 Å². The number of thiazole rings is 1. The van der Waals surface area contributed by atoms with E-state index < -0.39 is 0 Å². The van der Waals surface area contributed by atoms with Crippen molar-refractivity contribution in [1.29, 1.82) is 0 Å². The molecule has 0 aliphatic rings. The first-order chi connectivity index (χ1) is 8.58. The van der Waals surface area contributed by atoms with Gasteiger partial charge in [0.1, 0.15) is 0 Å². The van der Waals surface area contributed by atoms with E-state index in [1.165, 1.54) is 11.3 Å². The van der Waals surface area contributed by atoms with E-state index in [0.29, 0.717) is 13.2 Å². The van der Waals surface area contributed by atoms with Gasteiger partial charge in [0, 0.05) is 20.7 Å². The lowest BCUT2D eigenvalue weighted by Gasteiger charge is -2.16. The Labute approximate surface area is 112 Å². The van der Waals surface area contributed by atoms with Crippen LogP contribution in [0.2, 0.25) is 0 Å². The summed E-state index contributed by atoms with van der Waals surface area (Å²) in [4.78, 5) is 7.37. The Balaban J connectivity index is 2.59. The van der Waals surface area contributed by atoms with Crippen LogP contribution in [0.25, 0.3) is 0 Å². The number of nitrogens with zero attached hydrogens (tertiary/aromatic N) is 2. The number of methoxy groups -OCH3 is 1. The van der Waals surface area contributed by atoms with Crippen molar-refractivity contribution in [3.05, 3.63) is 10.6 Å². The minimum Gasteiger partial charge on any atom is -0.391 e. The van der Waals surface area contributed by atoms with Crippen LogP contribution < -0.4 is 4.90 Å². The highest BCUT2D eigenvalue weighted by atomic mass is 32.1. The van der Waals surface area contributed by atoms with Crippen LogP contribution in [0, 0.1) is 0 Å². The van der Waals surface area contributed by atoms with Gasteiger partial charge in [-0.15, -0.1) is 0 Å². The van der Waals surface area contributed by atoms with Crippen LogP contribution in [0.5, 0.6) is 0 Å². The smallest absolute Gasteiger partial charge is 0.185 e. The molecular weight excluding hydrogens is 252 g/mol. The zero-order valence-electron chi connectivity index (χ0n) is 11.5. The average molecular weight is 274 g/mol. The fourth-order valence-corrected chi connectivity index (χ4v) is 2.34. The van der Waals surface area contributed by atoms with Gasteiger partial charge in [-0.05, 0) is 13.8 Å². The molecule has 5 nitrogen and oxygen atoms in total. The molecule has 0 spiro atoms. The molecule has 0 saturated carbocycles. The maximum atomic E-state index is 9.26. The molecule has 0 aliphatic carbocycles. The first-order valence-corrected chi connectivity index (χ1v) is 6.81. The normalized spacial score (nSPS) is 11.2. The van der Waals surface area contributed by atoms with Crippen molar-refractivity contribution in [2.75, 3.05) is 32.2 Å². The van der Waals surface area contributed by atoms with Crippen LogP contribution in [0.15, 0.2) is 0 Å². The summed E-state index contributed by atoms with van der Waals surface area (Å²) in [6, 6.07) is 0. The summed E-state index contributed by atoms with van der Waals surface area (Å²) in [5.41, 5.74) is 0.816. The predicted octanol–water partition coefficient (Wildman–Crippen LogP) is 1.64. The van der Waals surface area contributed by atoms with Crippen molar-refractivity contribution in [2.45, 2.75) is 33.2 Å². The minimum absolute atomic E-state index is 0.00664. The number of aromatic nitrogens is 1. The Morgan fingerprint density at radius 2 is 2.17 bits per heavy atom. The molecule has 0 unspecified atom stereocenters. The average Bonchev–Trinajstić information content (AvgIpc) is 2.72. The van der Waals surface area contributed by atoms with Gasteiger partial charge in [0.2, 0.25) is 0 Å². The van der Waals surface area contributed by atoms with Gasteiger partial charge in [0.05, 0.1) is 36.5 Å². The molecule has 0 saturated heterocycles. The molecule has 0 radical (unpaired) electrons. The standard InChI is InChI=1S/C12H22N2O3S/c1-9(2)17-6-5-14(3)12-13-10(8-16-4)11(7-15)18-12/h9,15H,5-8H2,1-4H3.